The van der Waals surface area contributed by atoms with E-state index in [2.05, 4.69) is 9.71 Å². The Hall–Kier alpha value is -3.24. The van der Waals surface area contributed by atoms with Gasteiger partial charge >= 0.3 is 0 Å². The topological polar surface area (TPSA) is 76.9 Å². The summed E-state index contributed by atoms with van der Waals surface area (Å²) in [6.07, 6.45) is 4.44. The van der Waals surface area contributed by atoms with Crippen LogP contribution in [0.1, 0.15) is 6.42 Å². The lowest BCUT2D eigenvalue weighted by molar-refractivity contribution is 0.550. The standard InChI is InChI=1S/C23H18F2N4O2S2/c24-17-5-6-19(25)20(14-17)33(30,31)28-18-4-1-3-16(13-18)22-21(15-7-9-26-10-8-15)23-29(27-22)11-2-12-32-23/h1,3-10,13-14,28H,2,11-12H2. The summed E-state index contributed by atoms with van der Waals surface area (Å²) in [6.45, 7) is 0.797. The molecule has 3 heterocycles. The van der Waals surface area contributed by atoms with Gasteiger partial charge < -0.3 is 0 Å². The van der Waals surface area contributed by atoms with Gasteiger partial charge in [-0.05, 0) is 54.4 Å². The van der Waals surface area contributed by atoms with E-state index in [9.17, 15) is 17.2 Å². The van der Waals surface area contributed by atoms with Crippen molar-refractivity contribution in [1.82, 2.24) is 14.8 Å². The van der Waals surface area contributed by atoms with E-state index in [4.69, 9.17) is 5.10 Å². The zero-order valence-electron chi connectivity index (χ0n) is 17.2. The third-order valence-corrected chi connectivity index (χ3v) is 7.78. The van der Waals surface area contributed by atoms with Gasteiger partial charge in [0.25, 0.3) is 10.0 Å². The van der Waals surface area contributed by atoms with Crippen molar-refractivity contribution in [2.45, 2.75) is 22.9 Å². The van der Waals surface area contributed by atoms with Gasteiger partial charge in [0.2, 0.25) is 0 Å². The third-order valence-electron chi connectivity index (χ3n) is 5.20. The molecule has 0 aliphatic carbocycles. The molecule has 6 nitrogen and oxygen atoms in total. The summed E-state index contributed by atoms with van der Waals surface area (Å²) in [5.41, 5.74) is 3.55. The molecule has 2 aromatic carbocycles. The van der Waals surface area contributed by atoms with Gasteiger partial charge in [0, 0.05) is 41.5 Å². The van der Waals surface area contributed by atoms with Crippen LogP contribution in [0.4, 0.5) is 14.5 Å². The lowest BCUT2D eigenvalue weighted by atomic mass is 10.0. The summed E-state index contributed by atoms with van der Waals surface area (Å²) < 4.78 is 57.4. The van der Waals surface area contributed by atoms with Gasteiger partial charge in [0.1, 0.15) is 27.2 Å². The Morgan fingerprint density at radius 2 is 1.82 bits per heavy atom. The Kier molecular flexibility index (Phi) is 5.63. The van der Waals surface area contributed by atoms with Crippen molar-refractivity contribution < 1.29 is 17.2 Å². The maximum Gasteiger partial charge on any atom is 0.264 e. The molecule has 168 valence electrons. The largest absolute Gasteiger partial charge is 0.280 e. The number of anilines is 1. The number of halogens is 2. The number of benzene rings is 2. The van der Waals surface area contributed by atoms with Crippen LogP contribution in [0.3, 0.4) is 0 Å². The van der Waals surface area contributed by atoms with Gasteiger partial charge in [-0.1, -0.05) is 12.1 Å². The fourth-order valence-corrected chi connectivity index (χ4v) is 5.98. The van der Waals surface area contributed by atoms with Crippen LogP contribution in [0.25, 0.3) is 22.4 Å². The van der Waals surface area contributed by atoms with E-state index in [-0.39, 0.29) is 5.69 Å². The Labute approximate surface area is 193 Å². The van der Waals surface area contributed by atoms with Crippen LogP contribution in [0, 0.1) is 11.6 Å². The molecule has 0 saturated heterocycles. The van der Waals surface area contributed by atoms with Gasteiger partial charge in [-0.2, -0.15) is 5.10 Å². The molecule has 1 aliphatic heterocycles. The minimum atomic E-state index is -4.33. The van der Waals surface area contributed by atoms with Crippen molar-refractivity contribution in [1.29, 1.82) is 0 Å². The molecular weight excluding hydrogens is 466 g/mol. The summed E-state index contributed by atoms with van der Waals surface area (Å²) in [4.78, 5) is 3.35. The van der Waals surface area contributed by atoms with Crippen molar-refractivity contribution in [2.24, 2.45) is 0 Å². The zero-order chi connectivity index (χ0) is 23.0. The quantitative estimate of drug-likeness (QED) is 0.422. The maximum absolute atomic E-state index is 14.1. The molecule has 1 N–H and O–H groups in total. The lowest BCUT2D eigenvalue weighted by Gasteiger charge is -2.14. The second-order valence-electron chi connectivity index (χ2n) is 7.45. The number of pyridine rings is 1. The first-order valence-electron chi connectivity index (χ1n) is 10.1. The first-order valence-corrected chi connectivity index (χ1v) is 12.6. The van der Waals surface area contributed by atoms with Crippen molar-refractivity contribution >= 4 is 27.5 Å². The van der Waals surface area contributed by atoms with E-state index < -0.39 is 26.6 Å². The molecule has 0 spiro atoms. The van der Waals surface area contributed by atoms with Crippen LogP contribution >= 0.6 is 11.8 Å². The minimum absolute atomic E-state index is 0.218. The van der Waals surface area contributed by atoms with E-state index in [1.54, 1.807) is 42.4 Å². The molecule has 4 aromatic rings. The number of rotatable bonds is 5. The molecule has 0 radical (unpaired) electrons. The summed E-state index contributed by atoms with van der Waals surface area (Å²) in [5.74, 6) is -0.880. The summed E-state index contributed by atoms with van der Waals surface area (Å²) >= 11 is 1.73. The number of fused-ring (bicyclic) bond motifs is 1. The molecule has 2 aromatic heterocycles. The Morgan fingerprint density at radius 3 is 2.64 bits per heavy atom. The van der Waals surface area contributed by atoms with Crippen molar-refractivity contribution in [3.05, 3.63) is 78.6 Å². The van der Waals surface area contributed by atoms with Crippen LogP contribution in [-0.2, 0) is 16.6 Å². The second kappa shape index (κ2) is 8.60. The van der Waals surface area contributed by atoms with E-state index in [0.29, 0.717) is 17.3 Å². The predicted octanol–water partition coefficient (Wildman–Crippen LogP) is 5.19. The maximum atomic E-state index is 14.1. The molecule has 10 heteroatoms. The molecular formula is C23H18F2N4O2S2. The average molecular weight is 485 g/mol. The van der Waals surface area contributed by atoms with Crippen LogP contribution in [0.2, 0.25) is 0 Å². The van der Waals surface area contributed by atoms with Crippen molar-refractivity contribution in [2.75, 3.05) is 10.5 Å². The van der Waals surface area contributed by atoms with E-state index in [1.165, 1.54) is 0 Å². The lowest BCUT2D eigenvalue weighted by Crippen LogP contribution is -2.15. The van der Waals surface area contributed by atoms with Gasteiger partial charge in [-0.3, -0.25) is 14.4 Å². The Morgan fingerprint density at radius 1 is 1.00 bits per heavy atom. The van der Waals surface area contributed by atoms with E-state index in [1.807, 2.05) is 22.9 Å². The third kappa shape index (κ3) is 4.23. The van der Waals surface area contributed by atoms with Crippen molar-refractivity contribution in [3.8, 4) is 22.4 Å². The molecule has 0 amide bonds. The van der Waals surface area contributed by atoms with Crippen molar-refractivity contribution in [3.63, 3.8) is 0 Å². The number of sulfonamides is 1. The monoisotopic (exact) mass is 484 g/mol. The fourth-order valence-electron chi connectivity index (χ4n) is 3.73. The Balaban J connectivity index is 1.57. The number of hydrogen-bond acceptors (Lipinski definition) is 5. The number of nitrogens with zero attached hydrogens (tertiary/aromatic N) is 3. The van der Waals surface area contributed by atoms with Gasteiger partial charge in [0.05, 0.1) is 0 Å². The number of nitrogens with one attached hydrogen (secondary N) is 1. The molecule has 5 rings (SSSR count). The summed E-state index contributed by atoms with van der Waals surface area (Å²) in [7, 11) is -4.33. The predicted molar refractivity (Wildman–Crippen MR) is 123 cm³/mol. The molecule has 0 bridgehead atoms. The molecule has 33 heavy (non-hydrogen) atoms. The molecule has 0 fully saturated rings. The molecule has 0 atom stereocenters. The highest BCUT2D eigenvalue weighted by Gasteiger charge is 2.24. The van der Waals surface area contributed by atoms with Crippen LogP contribution in [-0.4, -0.2) is 28.9 Å². The number of aromatic nitrogens is 3. The molecule has 0 unspecified atom stereocenters. The number of hydrogen-bond donors (Lipinski definition) is 1. The molecule has 0 saturated carbocycles. The first kappa shape index (κ1) is 21.6. The van der Waals surface area contributed by atoms with Crippen LogP contribution in [0.5, 0.6) is 0 Å². The minimum Gasteiger partial charge on any atom is -0.280 e. The molecule has 1 aliphatic rings. The number of thioether (sulfide) groups is 1. The van der Waals surface area contributed by atoms with Gasteiger partial charge in [-0.25, -0.2) is 17.2 Å². The SMILES string of the molecule is O=S(=O)(Nc1cccc(-c2nn3c(c2-c2ccncc2)SCCC3)c1)c1cc(F)ccc1F. The van der Waals surface area contributed by atoms with Gasteiger partial charge in [0.15, 0.2) is 0 Å². The second-order valence-corrected chi connectivity index (χ2v) is 10.2. The van der Waals surface area contributed by atoms with E-state index in [0.717, 1.165) is 47.0 Å². The number of aryl methyl sites for hydroxylation is 1. The van der Waals surface area contributed by atoms with Crippen LogP contribution < -0.4 is 4.72 Å². The normalized spacial score (nSPS) is 13.5. The highest BCUT2D eigenvalue weighted by molar-refractivity contribution is 7.99. The first-order chi connectivity index (χ1) is 15.9. The smallest absolute Gasteiger partial charge is 0.264 e. The summed E-state index contributed by atoms with van der Waals surface area (Å²) in [5, 5.41) is 5.86. The fraction of sp³-hybridized carbons (Fsp3) is 0.130. The highest BCUT2D eigenvalue weighted by Crippen LogP contribution is 2.41. The average Bonchev–Trinajstić information content (AvgIpc) is 3.21. The Bertz CT molecular complexity index is 1440. The summed E-state index contributed by atoms with van der Waals surface area (Å²) in [6, 6.07) is 12.9. The van der Waals surface area contributed by atoms with Crippen LogP contribution in [0.15, 0.2) is 76.9 Å². The zero-order valence-corrected chi connectivity index (χ0v) is 18.8. The van der Waals surface area contributed by atoms with E-state index >= 15 is 0 Å². The van der Waals surface area contributed by atoms with Gasteiger partial charge in [-0.15, -0.1) is 11.8 Å². The highest BCUT2D eigenvalue weighted by atomic mass is 32.2.